The summed E-state index contributed by atoms with van der Waals surface area (Å²) in [5, 5.41) is 6.17. The van der Waals surface area contributed by atoms with E-state index in [2.05, 4.69) is 102 Å². The van der Waals surface area contributed by atoms with Crippen molar-refractivity contribution in [3.8, 4) is 0 Å². The van der Waals surface area contributed by atoms with E-state index in [0.29, 0.717) is 6.42 Å². The Kier molecular flexibility index (Phi) is 4.13. The lowest BCUT2D eigenvalue weighted by atomic mass is 9.68. The maximum Gasteiger partial charge on any atom is 0.164 e. The van der Waals surface area contributed by atoms with E-state index in [9.17, 15) is 4.79 Å². The van der Waals surface area contributed by atoms with Crippen LogP contribution < -0.4 is 5.32 Å². The van der Waals surface area contributed by atoms with Crippen molar-refractivity contribution >= 4 is 50.4 Å². The summed E-state index contributed by atoms with van der Waals surface area (Å²) >= 11 is 2.41. The molecule has 2 aliphatic rings. The zero-order valence-corrected chi connectivity index (χ0v) is 18.2. The van der Waals surface area contributed by atoms with Gasteiger partial charge in [-0.1, -0.05) is 56.3 Å². The van der Waals surface area contributed by atoms with E-state index in [1.165, 1.54) is 25.5 Å². The van der Waals surface area contributed by atoms with Crippen LogP contribution in [-0.4, -0.2) is 5.78 Å². The first kappa shape index (κ1) is 17.9. The van der Waals surface area contributed by atoms with Crippen LogP contribution in [0.4, 0.5) is 5.69 Å². The first-order valence-corrected chi connectivity index (χ1v) is 10.8. The molecule has 1 atom stereocenters. The molecule has 1 aliphatic heterocycles. The van der Waals surface area contributed by atoms with E-state index in [4.69, 9.17) is 0 Å². The van der Waals surface area contributed by atoms with Crippen molar-refractivity contribution in [2.24, 2.45) is 5.41 Å². The van der Waals surface area contributed by atoms with E-state index in [1.54, 1.807) is 0 Å². The van der Waals surface area contributed by atoms with Crippen molar-refractivity contribution < 1.29 is 4.79 Å². The van der Waals surface area contributed by atoms with E-state index < -0.39 is 0 Å². The third-order valence-corrected chi connectivity index (χ3v) is 6.91. The monoisotopic (exact) mass is 479 g/mol. The minimum absolute atomic E-state index is 0.00951. The highest BCUT2D eigenvalue weighted by atomic mass is 127. The molecule has 0 aromatic heterocycles. The lowest BCUT2D eigenvalue weighted by Crippen LogP contribution is -2.32. The molecule has 0 saturated carbocycles. The molecule has 0 spiro atoms. The highest BCUT2D eigenvalue weighted by Crippen LogP contribution is 2.51. The summed E-state index contributed by atoms with van der Waals surface area (Å²) < 4.78 is 1.23. The van der Waals surface area contributed by atoms with E-state index in [0.717, 1.165) is 23.2 Å². The third kappa shape index (κ3) is 2.87. The number of carbonyl (C=O) groups excluding carboxylic acids is 1. The topological polar surface area (TPSA) is 29.1 Å². The minimum Gasteiger partial charge on any atom is -0.374 e. The van der Waals surface area contributed by atoms with Gasteiger partial charge in [-0.15, -0.1) is 0 Å². The van der Waals surface area contributed by atoms with Crippen LogP contribution in [0.1, 0.15) is 43.9 Å². The molecule has 0 saturated heterocycles. The Labute approximate surface area is 179 Å². The standard InChI is InChI=1S/C25H22INO/c1-25(2)13-19-23(22(28)14-25)18-11-15-7-3-4-8-16(15)12-21(18)27-24(19)17-9-5-6-10-20(17)26/h3-12,24,27H,13-14H2,1-2H3/t24-/m0/s1. The van der Waals surface area contributed by atoms with Gasteiger partial charge in [0.1, 0.15) is 0 Å². The van der Waals surface area contributed by atoms with Gasteiger partial charge in [0.25, 0.3) is 0 Å². The van der Waals surface area contributed by atoms with Crippen LogP contribution in [0.5, 0.6) is 0 Å². The predicted molar refractivity (Wildman–Crippen MR) is 124 cm³/mol. The van der Waals surface area contributed by atoms with Crippen LogP contribution in [0.25, 0.3) is 16.3 Å². The Morgan fingerprint density at radius 1 is 0.964 bits per heavy atom. The third-order valence-electron chi connectivity index (χ3n) is 5.93. The van der Waals surface area contributed by atoms with Crippen molar-refractivity contribution in [1.82, 2.24) is 0 Å². The Bertz CT molecular complexity index is 1160. The molecule has 0 radical (unpaired) electrons. The Balaban J connectivity index is 1.79. The largest absolute Gasteiger partial charge is 0.374 e. The number of allylic oxidation sites excluding steroid dienone is 1. The number of carbonyl (C=O) groups is 1. The number of hydrogen-bond donors (Lipinski definition) is 1. The molecule has 1 aliphatic carbocycles. The van der Waals surface area contributed by atoms with Gasteiger partial charge < -0.3 is 5.32 Å². The van der Waals surface area contributed by atoms with Crippen molar-refractivity contribution in [3.05, 3.63) is 80.9 Å². The molecule has 0 fully saturated rings. The fourth-order valence-electron chi connectivity index (χ4n) is 4.72. The summed E-state index contributed by atoms with van der Waals surface area (Å²) in [5.74, 6) is 0.278. The minimum atomic E-state index is -0.00951. The normalized spacial score (nSPS) is 20.5. The molecule has 3 heteroatoms. The van der Waals surface area contributed by atoms with Gasteiger partial charge in [0.15, 0.2) is 5.78 Å². The van der Waals surface area contributed by atoms with Crippen LogP contribution in [0.15, 0.2) is 66.2 Å². The zero-order chi connectivity index (χ0) is 19.5. The van der Waals surface area contributed by atoms with Crippen LogP contribution >= 0.6 is 22.6 Å². The number of benzene rings is 3. The second-order valence-corrected chi connectivity index (χ2v) is 9.85. The quantitative estimate of drug-likeness (QED) is 0.391. The maximum absolute atomic E-state index is 13.3. The maximum atomic E-state index is 13.3. The van der Waals surface area contributed by atoms with E-state index >= 15 is 0 Å². The Hall–Kier alpha value is -2.14. The van der Waals surface area contributed by atoms with Gasteiger partial charge in [-0.25, -0.2) is 0 Å². The molecule has 3 aromatic rings. The summed E-state index contributed by atoms with van der Waals surface area (Å²) in [4.78, 5) is 13.3. The molecule has 28 heavy (non-hydrogen) atoms. The number of nitrogens with one attached hydrogen (secondary N) is 1. The molecule has 3 aromatic carbocycles. The summed E-state index contributed by atoms with van der Waals surface area (Å²) in [6, 6.07) is 21.3. The second kappa shape index (κ2) is 6.45. The molecule has 1 N–H and O–H groups in total. The first-order chi connectivity index (χ1) is 13.4. The Morgan fingerprint density at radius 2 is 1.64 bits per heavy atom. The lowest BCUT2D eigenvalue weighted by molar-refractivity contribution is -0.116. The average Bonchev–Trinajstić information content (AvgIpc) is 2.65. The van der Waals surface area contributed by atoms with E-state index in [-0.39, 0.29) is 17.2 Å². The predicted octanol–water partition coefficient (Wildman–Crippen LogP) is 6.75. The summed E-state index contributed by atoms with van der Waals surface area (Å²) in [5.41, 5.74) is 5.56. The van der Waals surface area contributed by atoms with Crippen molar-refractivity contribution in [3.63, 3.8) is 0 Å². The summed E-state index contributed by atoms with van der Waals surface area (Å²) in [7, 11) is 0. The number of anilines is 1. The van der Waals surface area contributed by atoms with Crippen molar-refractivity contribution in [2.75, 3.05) is 5.32 Å². The van der Waals surface area contributed by atoms with E-state index in [1.807, 2.05) is 0 Å². The smallest absolute Gasteiger partial charge is 0.164 e. The van der Waals surface area contributed by atoms with Gasteiger partial charge in [0.05, 0.1) is 6.04 Å². The number of ketones is 1. The number of hydrogen-bond acceptors (Lipinski definition) is 2. The average molecular weight is 479 g/mol. The van der Waals surface area contributed by atoms with Crippen LogP contribution in [-0.2, 0) is 4.79 Å². The second-order valence-electron chi connectivity index (χ2n) is 8.68. The molecular formula is C25H22INO. The van der Waals surface area contributed by atoms with Crippen LogP contribution in [0.2, 0.25) is 0 Å². The number of rotatable bonds is 1. The molecule has 1 heterocycles. The van der Waals surface area contributed by atoms with Gasteiger partial charge in [0, 0.05) is 26.8 Å². The molecule has 2 nitrogen and oxygen atoms in total. The van der Waals surface area contributed by atoms with Gasteiger partial charge in [-0.05, 0) is 74.5 Å². The molecule has 0 bridgehead atoms. The van der Waals surface area contributed by atoms with Crippen LogP contribution in [0.3, 0.4) is 0 Å². The Morgan fingerprint density at radius 3 is 2.39 bits per heavy atom. The molecule has 5 rings (SSSR count). The molecule has 140 valence electrons. The first-order valence-electron chi connectivity index (χ1n) is 9.73. The lowest BCUT2D eigenvalue weighted by Gasteiger charge is -2.40. The SMILES string of the molecule is CC1(C)CC(=O)C2=C(C1)[C@H](c1ccccc1I)Nc1cc3ccccc3cc12. The summed E-state index contributed by atoms with van der Waals surface area (Å²) in [6.45, 7) is 4.41. The fraction of sp³-hybridized carbons (Fsp3) is 0.240. The molecular weight excluding hydrogens is 457 g/mol. The van der Waals surface area contributed by atoms with Gasteiger partial charge in [-0.2, -0.15) is 0 Å². The van der Waals surface area contributed by atoms with Crippen molar-refractivity contribution in [2.45, 2.75) is 32.7 Å². The van der Waals surface area contributed by atoms with Crippen molar-refractivity contribution in [1.29, 1.82) is 0 Å². The number of fused-ring (bicyclic) bond motifs is 3. The molecule has 0 unspecified atom stereocenters. The highest BCUT2D eigenvalue weighted by molar-refractivity contribution is 14.1. The zero-order valence-electron chi connectivity index (χ0n) is 16.1. The molecule has 0 amide bonds. The van der Waals surface area contributed by atoms with Gasteiger partial charge >= 0.3 is 0 Å². The van der Waals surface area contributed by atoms with Gasteiger partial charge in [-0.3, -0.25) is 4.79 Å². The van der Waals surface area contributed by atoms with Gasteiger partial charge in [0.2, 0.25) is 0 Å². The summed E-state index contributed by atoms with van der Waals surface area (Å²) in [6.07, 6.45) is 1.54. The number of halogens is 1. The van der Waals surface area contributed by atoms with Crippen LogP contribution in [0, 0.1) is 8.99 Å². The fourth-order valence-corrected chi connectivity index (χ4v) is 5.42. The highest BCUT2D eigenvalue weighted by Gasteiger charge is 2.40. The number of Topliss-reactive ketones (excluding diaryl/α,β-unsaturated/α-hetero) is 1.